The predicted molar refractivity (Wildman–Crippen MR) is 119 cm³/mol. The van der Waals surface area contributed by atoms with Crippen LogP contribution in [0.3, 0.4) is 0 Å². The van der Waals surface area contributed by atoms with E-state index >= 15 is 0 Å². The molecule has 0 saturated heterocycles. The van der Waals surface area contributed by atoms with Crippen molar-refractivity contribution in [2.75, 3.05) is 23.3 Å². The van der Waals surface area contributed by atoms with E-state index in [0.29, 0.717) is 28.8 Å². The zero-order chi connectivity index (χ0) is 21.7. The van der Waals surface area contributed by atoms with Crippen molar-refractivity contribution in [1.29, 1.82) is 0 Å². The number of halogens is 1. The van der Waals surface area contributed by atoms with Gasteiger partial charge in [0.25, 0.3) is 15.9 Å². The molecular formula is C22H21ClN2O4S. The molecule has 0 unspecified atom stereocenters. The van der Waals surface area contributed by atoms with Crippen LogP contribution in [0.1, 0.15) is 17.3 Å². The van der Waals surface area contributed by atoms with Crippen LogP contribution in [0.25, 0.3) is 0 Å². The smallest absolute Gasteiger partial charge is 0.264 e. The fraction of sp³-hybridized carbons (Fsp3) is 0.136. The fourth-order valence-electron chi connectivity index (χ4n) is 2.81. The summed E-state index contributed by atoms with van der Waals surface area (Å²) in [6, 6.07) is 19.5. The average Bonchev–Trinajstić information content (AvgIpc) is 2.75. The zero-order valence-corrected chi connectivity index (χ0v) is 18.1. The van der Waals surface area contributed by atoms with Crippen molar-refractivity contribution in [3.63, 3.8) is 0 Å². The molecule has 8 heteroatoms. The molecule has 0 aliphatic rings. The Morgan fingerprint density at radius 2 is 1.77 bits per heavy atom. The second-order valence-corrected chi connectivity index (χ2v) is 8.77. The number of ether oxygens (including phenoxy) is 1. The second-order valence-electron chi connectivity index (χ2n) is 6.36. The molecule has 1 N–H and O–H groups in total. The third-order valence-corrected chi connectivity index (χ3v) is 6.38. The summed E-state index contributed by atoms with van der Waals surface area (Å²) >= 11 is 5.98. The van der Waals surface area contributed by atoms with Gasteiger partial charge in [-0.1, -0.05) is 35.9 Å². The number of para-hydroxylation sites is 2. The third kappa shape index (κ3) is 4.75. The predicted octanol–water partition coefficient (Wildman–Crippen LogP) is 4.82. The molecule has 3 aromatic carbocycles. The number of carbonyl (C=O) groups is 1. The van der Waals surface area contributed by atoms with Crippen LogP contribution in [0.4, 0.5) is 11.4 Å². The van der Waals surface area contributed by atoms with Crippen LogP contribution in [0.2, 0.25) is 5.02 Å². The van der Waals surface area contributed by atoms with Gasteiger partial charge in [-0.25, -0.2) is 8.42 Å². The van der Waals surface area contributed by atoms with Gasteiger partial charge < -0.3 is 10.1 Å². The lowest BCUT2D eigenvalue weighted by Gasteiger charge is -2.20. The van der Waals surface area contributed by atoms with Crippen molar-refractivity contribution in [3.05, 3.63) is 83.4 Å². The van der Waals surface area contributed by atoms with Crippen LogP contribution in [-0.4, -0.2) is 28.0 Å². The number of anilines is 2. The molecule has 0 fully saturated rings. The van der Waals surface area contributed by atoms with E-state index in [1.54, 1.807) is 54.6 Å². The highest BCUT2D eigenvalue weighted by Gasteiger charge is 2.23. The normalized spacial score (nSPS) is 11.0. The van der Waals surface area contributed by atoms with Crippen LogP contribution in [0, 0.1) is 0 Å². The molecule has 156 valence electrons. The topological polar surface area (TPSA) is 75.7 Å². The number of hydrogen-bond donors (Lipinski definition) is 1. The highest BCUT2D eigenvalue weighted by atomic mass is 35.5. The molecule has 0 radical (unpaired) electrons. The highest BCUT2D eigenvalue weighted by molar-refractivity contribution is 7.92. The van der Waals surface area contributed by atoms with E-state index in [4.69, 9.17) is 16.3 Å². The minimum absolute atomic E-state index is 0.00396. The van der Waals surface area contributed by atoms with E-state index in [0.717, 1.165) is 4.31 Å². The lowest BCUT2D eigenvalue weighted by molar-refractivity contribution is 0.102. The first-order valence-electron chi connectivity index (χ1n) is 9.20. The molecule has 0 aliphatic heterocycles. The van der Waals surface area contributed by atoms with Crippen molar-refractivity contribution in [1.82, 2.24) is 0 Å². The Hall–Kier alpha value is -3.03. The summed E-state index contributed by atoms with van der Waals surface area (Å²) in [4.78, 5) is 12.7. The Morgan fingerprint density at radius 3 is 2.50 bits per heavy atom. The number of nitrogens with zero attached hydrogens (tertiary/aromatic N) is 1. The minimum Gasteiger partial charge on any atom is -0.492 e. The molecule has 0 heterocycles. The van der Waals surface area contributed by atoms with E-state index in [2.05, 4.69) is 5.32 Å². The van der Waals surface area contributed by atoms with E-state index in [9.17, 15) is 13.2 Å². The Bertz CT molecular complexity index is 1170. The molecule has 3 aromatic rings. The quantitative estimate of drug-likeness (QED) is 0.567. The molecular weight excluding hydrogens is 424 g/mol. The largest absolute Gasteiger partial charge is 0.492 e. The molecule has 0 saturated carbocycles. The van der Waals surface area contributed by atoms with Gasteiger partial charge >= 0.3 is 0 Å². The Labute approximate surface area is 181 Å². The van der Waals surface area contributed by atoms with Crippen molar-refractivity contribution in [3.8, 4) is 5.75 Å². The summed E-state index contributed by atoms with van der Waals surface area (Å²) in [7, 11) is -2.45. The van der Waals surface area contributed by atoms with Gasteiger partial charge in [-0.15, -0.1) is 0 Å². The maximum Gasteiger partial charge on any atom is 0.264 e. The number of hydrogen-bond acceptors (Lipinski definition) is 4. The SMILES string of the molecule is CCOc1ccccc1NC(=O)c1cccc(S(=O)(=O)N(C)c2cccc(Cl)c2)c1. The van der Waals surface area contributed by atoms with E-state index < -0.39 is 15.9 Å². The van der Waals surface area contributed by atoms with E-state index in [-0.39, 0.29) is 10.5 Å². The molecule has 30 heavy (non-hydrogen) atoms. The molecule has 0 bridgehead atoms. The van der Waals surface area contributed by atoms with E-state index in [1.807, 2.05) is 6.92 Å². The number of carbonyl (C=O) groups excluding carboxylic acids is 1. The second kappa shape index (κ2) is 9.19. The summed E-state index contributed by atoms with van der Waals surface area (Å²) in [6.45, 7) is 2.31. The molecule has 1 amide bonds. The maximum atomic E-state index is 13.0. The maximum absolute atomic E-state index is 13.0. The molecule has 3 rings (SSSR count). The van der Waals surface area contributed by atoms with Gasteiger partial charge in [-0.3, -0.25) is 9.10 Å². The molecule has 0 aromatic heterocycles. The average molecular weight is 445 g/mol. The summed E-state index contributed by atoms with van der Waals surface area (Å²) in [5.41, 5.74) is 1.14. The first kappa shape index (κ1) is 21.7. The first-order chi connectivity index (χ1) is 14.3. The van der Waals surface area contributed by atoms with Crippen molar-refractivity contribution in [2.24, 2.45) is 0 Å². The Morgan fingerprint density at radius 1 is 1.03 bits per heavy atom. The number of amides is 1. The Kier molecular flexibility index (Phi) is 6.64. The lowest BCUT2D eigenvalue weighted by Crippen LogP contribution is -2.26. The minimum atomic E-state index is -3.88. The summed E-state index contributed by atoms with van der Waals surface area (Å²) in [5.74, 6) is 0.0995. The van der Waals surface area contributed by atoms with Gasteiger partial charge in [0, 0.05) is 17.6 Å². The van der Waals surface area contributed by atoms with Crippen LogP contribution in [0.5, 0.6) is 5.75 Å². The Balaban J connectivity index is 1.88. The molecule has 0 atom stereocenters. The monoisotopic (exact) mass is 444 g/mol. The number of nitrogens with one attached hydrogen (secondary N) is 1. The summed E-state index contributed by atoms with van der Waals surface area (Å²) in [6.07, 6.45) is 0. The van der Waals surface area contributed by atoms with Crippen molar-refractivity contribution >= 4 is 38.9 Å². The van der Waals surface area contributed by atoms with Crippen LogP contribution in [0.15, 0.2) is 77.7 Å². The van der Waals surface area contributed by atoms with Gasteiger partial charge in [0.05, 0.1) is 22.9 Å². The third-order valence-electron chi connectivity index (χ3n) is 4.36. The van der Waals surface area contributed by atoms with Crippen LogP contribution < -0.4 is 14.4 Å². The van der Waals surface area contributed by atoms with Gasteiger partial charge in [0.1, 0.15) is 5.75 Å². The zero-order valence-electron chi connectivity index (χ0n) is 16.5. The standard InChI is InChI=1S/C22H21ClN2O4S/c1-3-29-21-13-5-4-12-20(21)24-22(26)16-8-6-11-19(14-16)30(27,28)25(2)18-10-7-9-17(23)15-18/h4-15H,3H2,1-2H3,(H,24,26). The summed E-state index contributed by atoms with van der Waals surface area (Å²) < 4.78 is 32.7. The van der Waals surface area contributed by atoms with Gasteiger partial charge in [-0.2, -0.15) is 0 Å². The molecule has 0 aliphatic carbocycles. The number of rotatable bonds is 7. The highest BCUT2D eigenvalue weighted by Crippen LogP contribution is 2.27. The number of sulfonamides is 1. The lowest BCUT2D eigenvalue weighted by atomic mass is 10.2. The number of benzene rings is 3. The van der Waals surface area contributed by atoms with Crippen molar-refractivity contribution in [2.45, 2.75) is 11.8 Å². The van der Waals surface area contributed by atoms with Crippen LogP contribution >= 0.6 is 11.6 Å². The van der Waals surface area contributed by atoms with Crippen LogP contribution in [-0.2, 0) is 10.0 Å². The van der Waals surface area contributed by atoms with Crippen molar-refractivity contribution < 1.29 is 17.9 Å². The van der Waals surface area contributed by atoms with Gasteiger partial charge in [0.15, 0.2) is 0 Å². The summed E-state index contributed by atoms with van der Waals surface area (Å²) in [5, 5.41) is 3.20. The van der Waals surface area contributed by atoms with E-state index in [1.165, 1.54) is 25.2 Å². The van der Waals surface area contributed by atoms with Gasteiger partial charge in [-0.05, 0) is 55.5 Å². The van der Waals surface area contributed by atoms with Gasteiger partial charge in [0.2, 0.25) is 0 Å². The molecule has 0 spiro atoms. The molecule has 6 nitrogen and oxygen atoms in total. The fourth-order valence-corrected chi connectivity index (χ4v) is 4.23. The first-order valence-corrected chi connectivity index (χ1v) is 11.0.